The molecule has 0 saturated heterocycles. The highest BCUT2D eigenvalue weighted by Gasteiger charge is 2.12. The number of benzene rings is 1. The molecule has 0 amide bonds. The predicted molar refractivity (Wildman–Crippen MR) is 61.7 cm³/mol. The summed E-state index contributed by atoms with van der Waals surface area (Å²) in [6.45, 7) is 0. The van der Waals surface area contributed by atoms with E-state index in [1.54, 1.807) is 6.07 Å². The van der Waals surface area contributed by atoms with Crippen molar-refractivity contribution in [2.75, 3.05) is 5.73 Å². The van der Waals surface area contributed by atoms with Crippen molar-refractivity contribution < 1.29 is 8.81 Å². The molecule has 3 rings (SSSR count). The van der Waals surface area contributed by atoms with Crippen LogP contribution in [0.15, 0.2) is 34.1 Å². The Balaban J connectivity index is 2.23. The highest BCUT2D eigenvalue weighted by atomic mass is 32.1. The molecule has 2 N–H and O–H groups in total. The summed E-state index contributed by atoms with van der Waals surface area (Å²) in [5.74, 6) is 0.102. The van der Waals surface area contributed by atoms with Crippen molar-refractivity contribution in [3.05, 3.63) is 35.5 Å². The van der Waals surface area contributed by atoms with Gasteiger partial charge in [0, 0.05) is 6.07 Å². The molecule has 1 aromatic carbocycles. The number of nitrogens with zero attached hydrogens (tertiary/aromatic N) is 1. The van der Waals surface area contributed by atoms with E-state index in [2.05, 4.69) is 4.98 Å². The number of halogens is 1. The molecule has 0 unspecified atom stereocenters. The van der Waals surface area contributed by atoms with Gasteiger partial charge in [-0.05, 0) is 23.6 Å². The van der Waals surface area contributed by atoms with Crippen molar-refractivity contribution in [1.82, 2.24) is 4.98 Å². The van der Waals surface area contributed by atoms with Crippen LogP contribution in [0.25, 0.3) is 22.6 Å². The van der Waals surface area contributed by atoms with E-state index in [1.165, 1.54) is 23.5 Å². The first-order valence-electron chi connectivity index (χ1n) is 4.63. The quantitative estimate of drug-likeness (QED) is 0.703. The third-order valence-electron chi connectivity index (χ3n) is 2.28. The first-order chi connectivity index (χ1) is 7.74. The van der Waals surface area contributed by atoms with E-state index in [-0.39, 0.29) is 5.82 Å². The molecule has 0 spiro atoms. The summed E-state index contributed by atoms with van der Waals surface area (Å²) in [5.41, 5.74) is 7.58. The molecule has 0 aliphatic carbocycles. The second-order valence-electron chi connectivity index (χ2n) is 3.33. The third-order valence-corrected chi connectivity index (χ3v) is 3.02. The average molecular weight is 234 g/mol. The van der Waals surface area contributed by atoms with Crippen LogP contribution in [0.2, 0.25) is 0 Å². The fraction of sp³-hybridized carbons (Fsp3) is 0. The molecule has 0 bridgehead atoms. The van der Waals surface area contributed by atoms with Gasteiger partial charge >= 0.3 is 0 Å². The smallest absolute Gasteiger partial charge is 0.230 e. The topological polar surface area (TPSA) is 52.0 Å². The zero-order valence-electron chi connectivity index (χ0n) is 8.11. The van der Waals surface area contributed by atoms with E-state index < -0.39 is 0 Å². The summed E-state index contributed by atoms with van der Waals surface area (Å²) in [5, 5.41) is 2.51. The highest BCUT2D eigenvalue weighted by molar-refractivity contribution is 7.14. The number of aromatic nitrogens is 1. The summed E-state index contributed by atoms with van der Waals surface area (Å²) >= 11 is 1.42. The van der Waals surface area contributed by atoms with Crippen LogP contribution in [-0.4, -0.2) is 4.98 Å². The van der Waals surface area contributed by atoms with Crippen LogP contribution in [0.3, 0.4) is 0 Å². The van der Waals surface area contributed by atoms with Gasteiger partial charge in [-0.2, -0.15) is 0 Å². The van der Waals surface area contributed by atoms with Gasteiger partial charge < -0.3 is 10.2 Å². The van der Waals surface area contributed by atoms with Gasteiger partial charge in [-0.3, -0.25) is 0 Å². The number of thiophene rings is 1. The molecule has 2 heterocycles. The van der Waals surface area contributed by atoms with Gasteiger partial charge in [0.15, 0.2) is 5.58 Å². The van der Waals surface area contributed by atoms with Crippen LogP contribution in [0.4, 0.5) is 9.39 Å². The molecule has 0 atom stereocenters. The van der Waals surface area contributed by atoms with Crippen molar-refractivity contribution in [3.63, 3.8) is 0 Å². The zero-order valence-corrected chi connectivity index (χ0v) is 8.92. The van der Waals surface area contributed by atoms with Crippen molar-refractivity contribution in [2.24, 2.45) is 0 Å². The molecule has 2 aromatic heterocycles. The summed E-state index contributed by atoms with van der Waals surface area (Å²) in [4.78, 5) is 4.20. The Bertz CT molecular complexity index is 659. The van der Waals surface area contributed by atoms with E-state index in [0.717, 1.165) is 5.56 Å². The number of rotatable bonds is 1. The van der Waals surface area contributed by atoms with Crippen molar-refractivity contribution in [1.29, 1.82) is 0 Å². The minimum Gasteiger partial charge on any atom is -0.436 e. The van der Waals surface area contributed by atoms with Crippen LogP contribution < -0.4 is 5.73 Å². The van der Waals surface area contributed by atoms with Gasteiger partial charge in [-0.1, -0.05) is 0 Å². The molecule has 0 radical (unpaired) electrons. The second kappa shape index (κ2) is 3.31. The summed E-state index contributed by atoms with van der Waals surface area (Å²) in [6, 6.07) is 6.07. The Morgan fingerprint density at radius 1 is 1.31 bits per heavy atom. The Labute approximate surface area is 94.3 Å². The van der Waals surface area contributed by atoms with Crippen LogP contribution in [0.5, 0.6) is 0 Å². The second-order valence-corrected chi connectivity index (χ2v) is 4.28. The Morgan fingerprint density at radius 3 is 2.94 bits per heavy atom. The maximum absolute atomic E-state index is 13.0. The van der Waals surface area contributed by atoms with Gasteiger partial charge in [0.05, 0.1) is 10.6 Å². The average Bonchev–Trinajstić information content (AvgIpc) is 2.82. The minimum atomic E-state index is -0.328. The molecule has 0 aliphatic rings. The first kappa shape index (κ1) is 9.35. The number of hydrogen-bond donors (Lipinski definition) is 1. The molecule has 0 fully saturated rings. The highest BCUT2D eigenvalue weighted by Crippen LogP contribution is 2.32. The Morgan fingerprint density at radius 2 is 2.19 bits per heavy atom. The molecule has 5 heteroatoms. The SMILES string of the molecule is Nc1sccc1-c1nc2cc(F)ccc2o1. The van der Waals surface area contributed by atoms with E-state index in [0.29, 0.717) is 22.0 Å². The fourth-order valence-corrected chi connectivity index (χ4v) is 2.15. The minimum absolute atomic E-state index is 0.328. The van der Waals surface area contributed by atoms with Crippen LogP contribution >= 0.6 is 11.3 Å². The summed E-state index contributed by atoms with van der Waals surface area (Å²) in [6.07, 6.45) is 0. The lowest BCUT2D eigenvalue weighted by molar-refractivity contribution is 0.614. The van der Waals surface area contributed by atoms with Crippen molar-refractivity contribution in [3.8, 4) is 11.5 Å². The van der Waals surface area contributed by atoms with Gasteiger partial charge in [0.1, 0.15) is 11.3 Å². The summed E-state index contributed by atoms with van der Waals surface area (Å²) in [7, 11) is 0. The van der Waals surface area contributed by atoms with E-state index >= 15 is 0 Å². The Kier molecular flexibility index (Phi) is 1.94. The molecule has 3 aromatic rings. The lowest BCUT2D eigenvalue weighted by Gasteiger charge is -1.90. The van der Waals surface area contributed by atoms with E-state index in [9.17, 15) is 4.39 Å². The number of nitrogen functional groups attached to an aromatic ring is 1. The van der Waals surface area contributed by atoms with Gasteiger partial charge in [-0.25, -0.2) is 9.37 Å². The molecular weight excluding hydrogens is 227 g/mol. The van der Waals surface area contributed by atoms with E-state index in [4.69, 9.17) is 10.2 Å². The van der Waals surface area contributed by atoms with Crippen LogP contribution in [0, 0.1) is 5.82 Å². The molecule has 80 valence electrons. The van der Waals surface area contributed by atoms with Crippen molar-refractivity contribution >= 4 is 27.4 Å². The molecular formula is C11H7FN2OS. The molecule has 3 nitrogen and oxygen atoms in total. The number of hydrogen-bond acceptors (Lipinski definition) is 4. The summed E-state index contributed by atoms with van der Waals surface area (Å²) < 4.78 is 18.5. The predicted octanol–water partition coefficient (Wildman–Crippen LogP) is 3.28. The maximum atomic E-state index is 13.0. The number of oxazole rings is 1. The monoisotopic (exact) mass is 234 g/mol. The Hall–Kier alpha value is -1.88. The zero-order chi connectivity index (χ0) is 11.1. The normalized spacial score (nSPS) is 11.1. The first-order valence-corrected chi connectivity index (χ1v) is 5.51. The number of nitrogens with two attached hydrogens (primary N) is 1. The lowest BCUT2D eigenvalue weighted by Crippen LogP contribution is -1.82. The largest absolute Gasteiger partial charge is 0.436 e. The third kappa shape index (κ3) is 1.37. The molecule has 0 aliphatic heterocycles. The lowest BCUT2D eigenvalue weighted by atomic mass is 10.3. The van der Waals surface area contributed by atoms with Gasteiger partial charge in [-0.15, -0.1) is 11.3 Å². The van der Waals surface area contributed by atoms with Crippen LogP contribution in [-0.2, 0) is 0 Å². The van der Waals surface area contributed by atoms with Gasteiger partial charge in [0.25, 0.3) is 0 Å². The van der Waals surface area contributed by atoms with Crippen LogP contribution in [0.1, 0.15) is 0 Å². The number of anilines is 1. The molecule has 0 saturated carbocycles. The number of fused-ring (bicyclic) bond motifs is 1. The van der Waals surface area contributed by atoms with Gasteiger partial charge in [0.2, 0.25) is 5.89 Å². The van der Waals surface area contributed by atoms with Crippen molar-refractivity contribution in [2.45, 2.75) is 0 Å². The molecule has 16 heavy (non-hydrogen) atoms. The van der Waals surface area contributed by atoms with E-state index in [1.807, 2.05) is 11.4 Å². The maximum Gasteiger partial charge on any atom is 0.230 e. The fourth-order valence-electron chi connectivity index (χ4n) is 1.51. The standard InChI is InChI=1S/C11H7FN2OS/c12-6-1-2-9-8(5-6)14-11(15-9)7-3-4-16-10(7)13/h1-5H,13H2.